The number of rotatable bonds is 48. The number of ether oxygens (including phenoxy) is 3. The standard InChI is InChI=1S/C65H100O6/c1-4-7-10-13-16-19-22-25-28-30-32-34-37-40-43-46-49-52-55-58-64(67)70-61-62(60-69-63(66)57-54-51-48-45-42-39-36-27-24-21-18-15-12-9-6-3)71-65(68)59-56-53-50-47-44-41-38-35-33-31-29-26-23-20-17-14-11-8-5-2/h7-12,15-21,24-29,32,34,36,39-40,42-43,62H,4-6,13-14,22-23,30-31,33,35,37-38,41,44-61H2,1-3H3/b10-7-,11-8-,12-9-,18-15-,19-16-,20-17-,24-21-,28-25-,29-26-,34-32-,36-27-,42-39-,43-40-. The Hall–Kier alpha value is -4.97. The molecule has 0 N–H and O–H groups in total. The summed E-state index contributed by atoms with van der Waals surface area (Å²) in [6, 6.07) is 0. The maximum Gasteiger partial charge on any atom is 0.306 e. The minimum atomic E-state index is -0.821. The number of allylic oxidation sites excluding steroid dienone is 26. The Morgan fingerprint density at radius 1 is 0.296 bits per heavy atom. The zero-order valence-corrected chi connectivity index (χ0v) is 45.2. The fourth-order valence-electron chi connectivity index (χ4n) is 7.03. The average molecular weight is 978 g/mol. The van der Waals surface area contributed by atoms with Crippen molar-refractivity contribution in [2.75, 3.05) is 13.2 Å². The van der Waals surface area contributed by atoms with Gasteiger partial charge in [-0.15, -0.1) is 0 Å². The molecule has 0 aliphatic heterocycles. The van der Waals surface area contributed by atoms with Gasteiger partial charge in [0, 0.05) is 19.3 Å². The lowest BCUT2D eigenvalue weighted by molar-refractivity contribution is -0.167. The second-order valence-corrected chi connectivity index (χ2v) is 17.8. The van der Waals surface area contributed by atoms with E-state index >= 15 is 0 Å². The van der Waals surface area contributed by atoms with Crippen LogP contribution in [-0.2, 0) is 28.6 Å². The highest BCUT2D eigenvalue weighted by molar-refractivity contribution is 5.71. The molecule has 396 valence electrons. The third-order valence-corrected chi connectivity index (χ3v) is 11.1. The zero-order valence-electron chi connectivity index (χ0n) is 45.2. The van der Waals surface area contributed by atoms with Gasteiger partial charge in [-0.2, -0.15) is 0 Å². The summed E-state index contributed by atoms with van der Waals surface area (Å²) < 4.78 is 16.8. The highest BCUT2D eigenvalue weighted by Crippen LogP contribution is 2.14. The lowest BCUT2D eigenvalue weighted by Gasteiger charge is -2.18. The number of hydrogen-bond acceptors (Lipinski definition) is 6. The molecule has 0 fully saturated rings. The van der Waals surface area contributed by atoms with Gasteiger partial charge in [0.15, 0.2) is 6.10 Å². The molecular weight excluding hydrogens is 877 g/mol. The van der Waals surface area contributed by atoms with Crippen LogP contribution in [0.15, 0.2) is 158 Å². The summed E-state index contributed by atoms with van der Waals surface area (Å²) >= 11 is 0. The molecule has 0 aliphatic carbocycles. The molecule has 0 saturated heterocycles. The highest BCUT2D eigenvalue weighted by Gasteiger charge is 2.19. The predicted molar refractivity (Wildman–Crippen MR) is 306 cm³/mol. The lowest BCUT2D eigenvalue weighted by Crippen LogP contribution is -2.30. The average Bonchev–Trinajstić information content (AvgIpc) is 3.37. The van der Waals surface area contributed by atoms with E-state index < -0.39 is 6.10 Å². The van der Waals surface area contributed by atoms with Crippen molar-refractivity contribution in [3.63, 3.8) is 0 Å². The number of carbonyl (C=O) groups is 3. The van der Waals surface area contributed by atoms with Crippen LogP contribution in [0, 0.1) is 0 Å². The summed E-state index contributed by atoms with van der Waals surface area (Å²) in [5, 5.41) is 0. The molecule has 0 spiro atoms. The van der Waals surface area contributed by atoms with Crippen molar-refractivity contribution in [1.82, 2.24) is 0 Å². The molecule has 0 bridgehead atoms. The molecular formula is C65H100O6. The van der Waals surface area contributed by atoms with Crippen molar-refractivity contribution in [2.45, 2.75) is 219 Å². The number of esters is 3. The van der Waals surface area contributed by atoms with Crippen molar-refractivity contribution in [1.29, 1.82) is 0 Å². The molecule has 0 heterocycles. The van der Waals surface area contributed by atoms with E-state index in [0.717, 1.165) is 135 Å². The Morgan fingerprint density at radius 2 is 0.577 bits per heavy atom. The Labute approximate surface area is 435 Å². The number of carbonyl (C=O) groups excluding carboxylic acids is 3. The quantitative estimate of drug-likeness (QED) is 0.0199. The summed E-state index contributed by atoms with van der Waals surface area (Å²) in [5.74, 6) is -1.00. The fourth-order valence-corrected chi connectivity index (χ4v) is 7.03. The van der Waals surface area contributed by atoms with Crippen molar-refractivity contribution in [2.24, 2.45) is 0 Å². The van der Waals surface area contributed by atoms with Gasteiger partial charge in [0.25, 0.3) is 0 Å². The van der Waals surface area contributed by atoms with Crippen molar-refractivity contribution in [3.05, 3.63) is 158 Å². The zero-order chi connectivity index (χ0) is 51.4. The van der Waals surface area contributed by atoms with Crippen LogP contribution in [0.5, 0.6) is 0 Å². The monoisotopic (exact) mass is 977 g/mol. The van der Waals surface area contributed by atoms with E-state index in [1.807, 2.05) is 48.6 Å². The van der Waals surface area contributed by atoms with E-state index in [1.54, 1.807) is 0 Å². The number of unbranched alkanes of at least 4 members (excludes halogenated alkanes) is 15. The molecule has 0 aromatic rings. The SMILES string of the molecule is CC\C=C/C=C\C=C/C=C\C=C/CCCCCC(=O)OCC(COC(=O)CCCCC/C=C\C/C=C\C/C=C\C/C=C\C/C=C\CC)OC(=O)CCCCCCCCCCC/C=C\C/C=C\C/C=C\CC. The smallest absolute Gasteiger partial charge is 0.306 e. The second kappa shape index (κ2) is 57.6. The molecule has 0 rings (SSSR count). The molecule has 1 atom stereocenters. The van der Waals surface area contributed by atoms with Gasteiger partial charge in [0.2, 0.25) is 0 Å². The summed E-state index contributed by atoms with van der Waals surface area (Å²) in [6.45, 7) is 6.19. The van der Waals surface area contributed by atoms with Crippen LogP contribution < -0.4 is 0 Å². The first kappa shape index (κ1) is 66.0. The van der Waals surface area contributed by atoms with Crippen LogP contribution >= 0.6 is 0 Å². The van der Waals surface area contributed by atoms with Crippen molar-refractivity contribution >= 4 is 17.9 Å². The summed E-state index contributed by atoms with van der Waals surface area (Å²) in [5.41, 5.74) is 0. The topological polar surface area (TPSA) is 78.9 Å². The van der Waals surface area contributed by atoms with Gasteiger partial charge in [0.05, 0.1) is 0 Å². The molecule has 0 amide bonds. The van der Waals surface area contributed by atoms with Gasteiger partial charge in [0.1, 0.15) is 13.2 Å². The van der Waals surface area contributed by atoms with E-state index in [2.05, 4.69) is 130 Å². The molecule has 1 unspecified atom stereocenters. The van der Waals surface area contributed by atoms with Crippen LogP contribution in [0.1, 0.15) is 213 Å². The lowest BCUT2D eigenvalue weighted by atomic mass is 10.1. The molecule has 0 aromatic carbocycles. The van der Waals surface area contributed by atoms with Crippen LogP contribution in [0.4, 0.5) is 0 Å². The molecule has 0 radical (unpaired) electrons. The maximum absolute atomic E-state index is 12.9. The van der Waals surface area contributed by atoms with Gasteiger partial charge in [-0.3, -0.25) is 14.4 Å². The molecule has 0 aliphatic rings. The van der Waals surface area contributed by atoms with E-state index in [4.69, 9.17) is 14.2 Å². The van der Waals surface area contributed by atoms with Crippen LogP contribution in [0.3, 0.4) is 0 Å². The normalized spacial score (nSPS) is 13.3. The van der Waals surface area contributed by atoms with Gasteiger partial charge >= 0.3 is 17.9 Å². The predicted octanol–water partition coefficient (Wildman–Crippen LogP) is 19.0. The fraction of sp³-hybridized carbons (Fsp3) is 0.554. The van der Waals surface area contributed by atoms with Gasteiger partial charge in [-0.1, -0.05) is 237 Å². The Kier molecular flexibility index (Phi) is 53.6. The van der Waals surface area contributed by atoms with Crippen LogP contribution in [0.2, 0.25) is 0 Å². The van der Waals surface area contributed by atoms with E-state index in [1.165, 1.54) is 38.5 Å². The summed E-state index contributed by atoms with van der Waals surface area (Å²) in [7, 11) is 0. The second-order valence-electron chi connectivity index (χ2n) is 17.8. The minimum Gasteiger partial charge on any atom is -0.462 e. The van der Waals surface area contributed by atoms with E-state index in [-0.39, 0.29) is 31.1 Å². The molecule has 6 nitrogen and oxygen atoms in total. The van der Waals surface area contributed by atoms with E-state index in [0.29, 0.717) is 19.3 Å². The number of hydrogen-bond donors (Lipinski definition) is 0. The first-order chi connectivity index (χ1) is 35.0. The minimum absolute atomic E-state index is 0.119. The third-order valence-electron chi connectivity index (χ3n) is 11.1. The van der Waals surface area contributed by atoms with Crippen LogP contribution in [-0.4, -0.2) is 37.2 Å². The third kappa shape index (κ3) is 55.8. The Balaban J connectivity index is 4.55. The first-order valence-corrected chi connectivity index (χ1v) is 28.1. The maximum atomic E-state index is 12.9. The van der Waals surface area contributed by atoms with Gasteiger partial charge < -0.3 is 14.2 Å². The summed E-state index contributed by atoms with van der Waals surface area (Å²) in [4.78, 5) is 38.2. The first-order valence-electron chi connectivity index (χ1n) is 28.1. The van der Waals surface area contributed by atoms with Gasteiger partial charge in [-0.05, 0) is 116 Å². The highest BCUT2D eigenvalue weighted by atomic mass is 16.6. The van der Waals surface area contributed by atoms with Gasteiger partial charge in [-0.25, -0.2) is 0 Å². The molecule has 0 saturated carbocycles. The molecule has 0 aromatic heterocycles. The van der Waals surface area contributed by atoms with Crippen molar-refractivity contribution < 1.29 is 28.6 Å². The Morgan fingerprint density at radius 3 is 0.972 bits per heavy atom. The molecule has 71 heavy (non-hydrogen) atoms. The summed E-state index contributed by atoms with van der Waals surface area (Å²) in [6.07, 6.45) is 83.7. The Bertz CT molecular complexity index is 1640. The van der Waals surface area contributed by atoms with Crippen molar-refractivity contribution in [3.8, 4) is 0 Å². The largest absolute Gasteiger partial charge is 0.462 e. The molecule has 6 heteroatoms. The van der Waals surface area contributed by atoms with E-state index in [9.17, 15) is 14.4 Å². The van der Waals surface area contributed by atoms with Crippen LogP contribution in [0.25, 0.3) is 0 Å².